The molecular formula is C19H22N2O3. The number of carbonyl (C=O) groups excluding carboxylic acids is 2. The van der Waals surface area contributed by atoms with Gasteiger partial charge in [-0.2, -0.15) is 0 Å². The summed E-state index contributed by atoms with van der Waals surface area (Å²) in [6, 6.07) is 15.4. The van der Waals surface area contributed by atoms with Gasteiger partial charge >= 0.3 is 5.97 Å². The van der Waals surface area contributed by atoms with Gasteiger partial charge in [0.1, 0.15) is 0 Å². The van der Waals surface area contributed by atoms with Crippen molar-refractivity contribution in [1.29, 1.82) is 0 Å². The summed E-state index contributed by atoms with van der Waals surface area (Å²) < 4.78 is 4.60. The number of methoxy groups -OCH3 is 1. The second-order valence-electron chi connectivity index (χ2n) is 5.62. The first-order valence-electron chi connectivity index (χ1n) is 7.79. The average Bonchev–Trinajstić information content (AvgIpc) is 2.59. The van der Waals surface area contributed by atoms with E-state index < -0.39 is 5.97 Å². The Bertz CT molecular complexity index is 694. The number of nitrogens with zero attached hydrogens (tertiary/aromatic N) is 1. The number of esters is 1. The van der Waals surface area contributed by atoms with E-state index in [4.69, 9.17) is 0 Å². The van der Waals surface area contributed by atoms with Gasteiger partial charge in [0.25, 0.3) is 0 Å². The van der Waals surface area contributed by atoms with E-state index in [2.05, 4.69) is 10.2 Å². The monoisotopic (exact) mass is 326 g/mol. The molecule has 2 rings (SSSR count). The molecule has 1 amide bonds. The minimum absolute atomic E-state index is 0.0489. The fourth-order valence-corrected chi connectivity index (χ4v) is 2.14. The summed E-state index contributed by atoms with van der Waals surface area (Å²) in [5.41, 5.74) is 6.88. The molecule has 0 aliphatic heterocycles. The molecule has 0 spiro atoms. The maximum absolute atomic E-state index is 12.6. The van der Waals surface area contributed by atoms with E-state index in [0.717, 1.165) is 22.5 Å². The van der Waals surface area contributed by atoms with Gasteiger partial charge in [0.2, 0.25) is 5.91 Å². The summed E-state index contributed by atoms with van der Waals surface area (Å²) in [5, 5.41) is 1.47. The Hall–Kier alpha value is -2.82. The van der Waals surface area contributed by atoms with Crippen molar-refractivity contribution in [2.75, 3.05) is 17.5 Å². The molecule has 5 nitrogen and oxygen atoms in total. The normalized spacial score (nSPS) is 10.1. The van der Waals surface area contributed by atoms with Crippen LogP contribution in [-0.2, 0) is 14.3 Å². The van der Waals surface area contributed by atoms with Crippen molar-refractivity contribution >= 4 is 23.3 Å². The Kier molecular flexibility index (Phi) is 5.95. The summed E-state index contributed by atoms with van der Waals surface area (Å²) in [6.07, 6.45) is 0.118. The minimum Gasteiger partial charge on any atom is -0.469 e. The largest absolute Gasteiger partial charge is 0.469 e. The van der Waals surface area contributed by atoms with Crippen molar-refractivity contribution in [2.24, 2.45) is 0 Å². The Morgan fingerprint density at radius 3 is 2.00 bits per heavy atom. The number of nitrogens with one attached hydrogen (secondary N) is 1. The van der Waals surface area contributed by atoms with Crippen LogP contribution < -0.4 is 10.4 Å². The van der Waals surface area contributed by atoms with Crippen LogP contribution in [0.3, 0.4) is 0 Å². The van der Waals surface area contributed by atoms with E-state index in [-0.39, 0.29) is 18.7 Å². The second kappa shape index (κ2) is 8.15. The third kappa shape index (κ3) is 4.84. The molecule has 0 aliphatic carbocycles. The Labute approximate surface area is 142 Å². The smallest absolute Gasteiger partial charge is 0.306 e. The van der Waals surface area contributed by atoms with Gasteiger partial charge in [-0.05, 0) is 38.1 Å². The minimum atomic E-state index is -0.400. The van der Waals surface area contributed by atoms with Crippen molar-refractivity contribution in [3.63, 3.8) is 0 Å². The quantitative estimate of drug-likeness (QED) is 0.651. The highest BCUT2D eigenvalue weighted by molar-refractivity contribution is 5.96. The van der Waals surface area contributed by atoms with E-state index in [1.54, 1.807) is 0 Å². The SMILES string of the molecule is COC(=O)CCC(=O)N(Nc1ccc(C)cc1)c1ccc(C)cc1. The molecule has 0 atom stereocenters. The molecule has 2 aromatic carbocycles. The maximum Gasteiger partial charge on any atom is 0.306 e. The zero-order valence-corrected chi connectivity index (χ0v) is 14.2. The average molecular weight is 326 g/mol. The van der Waals surface area contributed by atoms with Gasteiger partial charge < -0.3 is 4.74 Å². The van der Waals surface area contributed by atoms with Crippen LogP contribution in [0.25, 0.3) is 0 Å². The third-order valence-corrected chi connectivity index (χ3v) is 3.60. The lowest BCUT2D eigenvalue weighted by atomic mass is 10.2. The molecule has 24 heavy (non-hydrogen) atoms. The van der Waals surface area contributed by atoms with Gasteiger partial charge in [-0.3, -0.25) is 15.0 Å². The van der Waals surface area contributed by atoms with E-state index in [0.29, 0.717) is 0 Å². The maximum atomic E-state index is 12.6. The van der Waals surface area contributed by atoms with Crippen molar-refractivity contribution in [3.05, 3.63) is 59.7 Å². The summed E-state index contributed by atoms with van der Waals surface area (Å²) in [5.74, 6) is -0.604. The number of hydrogen-bond donors (Lipinski definition) is 1. The van der Waals surface area contributed by atoms with Crippen LogP contribution >= 0.6 is 0 Å². The van der Waals surface area contributed by atoms with Gasteiger partial charge in [0.15, 0.2) is 0 Å². The van der Waals surface area contributed by atoms with Gasteiger partial charge in [0, 0.05) is 6.42 Å². The Morgan fingerprint density at radius 2 is 1.46 bits per heavy atom. The molecule has 0 radical (unpaired) electrons. The van der Waals surface area contributed by atoms with Crippen LogP contribution in [0, 0.1) is 13.8 Å². The molecule has 1 N–H and O–H groups in total. The number of hydrogen-bond acceptors (Lipinski definition) is 4. The Balaban J connectivity index is 2.20. The van der Waals surface area contributed by atoms with E-state index in [1.807, 2.05) is 62.4 Å². The summed E-state index contributed by atoms with van der Waals surface area (Å²) in [7, 11) is 1.31. The fraction of sp³-hybridized carbons (Fsp3) is 0.263. The summed E-state index contributed by atoms with van der Waals surface area (Å²) >= 11 is 0. The van der Waals surface area contributed by atoms with Crippen LogP contribution in [0.1, 0.15) is 24.0 Å². The zero-order valence-electron chi connectivity index (χ0n) is 14.2. The van der Waals surface area contributed by atoms with Crippen LogP contribution in [0.4, 0.5) is 11.4 Å². The number of carbonyl (C=O) groups is 2. The molecule has 0 unspecified atom stereocenters. The molecular weight excluding hydrogens is 304 g/mol. The standard InChI is InChI=1S/C19H22N2O3/c1-14-4-8-16(9-5-14)20-21(17-10-6-15(2)7-11-17)18(22)12-13-19(23)24-3/h4-11,20H,12-13H2,1-3H3. The first kappa shape index (κ1) is 17.5. The molecule has 2 aromatic rings. The number of hydrazine groups is 1. The van der Waals surface area contributed by atoms with Gasteiger partial charge in [-0.1, -0.05) is 35.4 Å². The predicted molar refractivity (Wildman–Crippen MR) is 94.7 cm³/mol. The van der Waals surface area contributed by atoms with Crippen LogP contribution in [0.15, 0.2) is 48.5 Å². The van der Waals surface area contributed by atoms with Crippen LogP contribution in [0.5, 0.6) is 0 Å². The van der Waals surface area contributed by atoms with Crippen molar-refractivity contribution < 1.29 is 14.3 Å². The van der Waals surface area contributed by atoms with Crippen molar-refractivity contribution in [1.82, 2.24) is 0 Å². The van der Waals surface area contributed by atoms with Gasteiger partial charge in [0.05, 0.1) is 24.9 Å². The number of anilines is 2. The number of aryl methyl sites for hydroxylation is 2. The molecule has 0 heterocycles. The highest BCUT2D eigenvalue weighted by atomic mass is 16.5. The first-order chi connectivity index (χ1) is 11.5. The van der Waals surface area contributed by atoms with Crippen molar-refractivity contribution in [3.8, 4) is 0 Å². The highest BCUT2D eigenvalue weighted by Gasteiger charge is 2.17. The number of ether oxygens (including phenoxy) is 1. The molecule has 0 bridgehead atoms. The lowest BCUT2D eigenvalue weighted by Gasteiger charge is -2.24. The van der Waals surface area contributed by atoms with Gasteiger partial charge in [-0.15, -0.1) is 0 Å². The zero-order chi connectivity index (χ0) is 17.5. The molecule has 0 aromatic heterocycles. The van der Waals surface area contributed by atoms with E-state index in [9.17, 15) is 9.59 Å². The lowest BCUT2D eigenvalue weighted by Crippen LogP contribution is -2.36. The van der Waals surface area contributed by atoms with Gasteiger partial charge in [-0.25, -0.2) is 5.01 Å². The fourth-order valence-electron chi connectivity index (χ4n) is 2.14. The first-order valence-corrected chi connectivity index (χ1v) is 7.79. The molecule has 126 valence electrons. The number of amides is 1. The van der Waals surface area contributed by atoms with E-state index >= 15 is 0 Å². The van der Waals surface area contributed by atoms with Crippen molar-refractivity contribution in [2.45, 2.75) is 26.7 Å². The van der Waals surface area contributed by atoms with Crippen LogP contribution in [-0.4, -0.2) is 19.0 Å². The second-order valence-corrected chi connectivity index (χ2v) is 5.62. The predicted octanol–water partition coefficient (Wildman–Crippen LogP) is 3.62. The highest BCUT2D eigenvalue weighted by Crippen LogP contribution is 2.19. The molecule has 5 heteroatoms. The summed E-state index contributed by atoms with van der Waals surface area (Å²) in [6.45, 7) is 3.99. The third-order valence-electron chi connectivity index (χ3n) is 3.60. The Morgan fingerprint density at radius 1 is 0.917 bits per heavy atom. The number of rotatable bonds is 6. The number of benzene rings is 2. The molecule has 0 saturated heterocycles. The van der Waals surface area contributed by atoms with Crippen LogP contribution in [0.2, 0.25) is 0 Å². The van der Waals surface area contributed by atoms with E-state index in [1.165, 1.54) is 12.1 Å². The lowest BCUT2D eigenvalue weighted by molar-refractivity contribution is -0.141. The topological polar surface area (TPSA) is 58.6 Å². The molecule has 0 fully saturated rings. The molecule has 0 aliphatic rings. The molecule has 0 saturated carbocycles. The summed E-state index contributed by atoms with van der Waals surface area (Å²) in [4.78, 5) is 23.9.